The fraction of sp³-hybridized carbons (Fsp3) is 0.507. The number of urea groups is 1. The van der Waals surface area contributed by atoms with E-state index >= 15 is 0 Å². The van der Waals surface area contributed by atoms with E-state index in [1.54, 1.807) is 76.2 Å². The summed E-state index contributed by atoms with van der Waals surface area (Å²) in [7, 11) is 0. The lowest BCUT2D eigenvalue weighted by molar-refractivity contribution is -0.136. The Bertz CT molecular complexity index is 3830. The van der Waals surface area contributed by atoms with Crippen LogP contribution in [0.3, 0.4) is 0 Å². The van der Waals surface area contributed by atoms with Gasteiger partial charge in [-0.2, -0.15) is 0 Å². The van der Waals surface area contributed by atoms with Gasteiger partial charge in [-0.25, -0.2) is 14.1 Å². The number of rotatable bonds is 28. The largest absolute Gasteiger partial charge is 0.391 e. The minimum absolute atomic E-state index is 0.0108. The highest BCUT2D eigenvalue weighted by molar-refractivity contribution is 6.42. The highest BCUT2D eigenvalue weighted by atomic mass is 19.1. The predicted molar refractivity (Wildman–Crippen MR) is 399 cm³/mol. The van der Waals surface area contributed by atoms with Crippen molar-refractivity contribution in [3.05, 3.63) is 112 Å². The molecule has 1 saturated heterocycles. The van der Waals surface area contributed by atoms with Crippen molar-refractivity contribution < 1.29 is 72.1 Å². The Balaban J connectivity index is 1.27. The van der Waals surface area contributed by atoms with Gasteiger partial charge in [-0.15, -0.1) is 0 Å². The molecule has 2 aliphatic rings. The maximum atomic E-state index is 14.9. The van der Waals surface area contributed by atoms with Crippen LogP contribution in [0.15, 0.2) is 66.7 Å². The van der Waals surface area contributed by atoms with E-state index in [0.29, 0.717) is 57.9 Å². The molecule has 0 aliphatic carbocycles. The Labute approximate surface area is 621 Å². The molecule has 2 aliphatic heterocycles. The lowest BCUT2D eigenvalue weighted by Gasteiger charge is -2.28. The first-order valence-corrected chi connectivity index (χ1v) is 36.0. The van der Waals surface area contributed by atoms with Crippen molar-refractivity contribution in [1.29, 1.82) is 0 Å². The van der Waals surface area contributed by atoms with Gasteiger partial charge in [0.05, 0.1) is 29.0 Å². The minimum atomic E-state index is -1.69. The standard InChI is InChI=1S/C73H106FN19O14/c1-9-92(10-2)32-31-81-69(103)59-39(5)55(83-40(59)6)36-49-48-35-47(74)19-20-58(48)93(72(49)106)73(107)82-37-44-13-17-46(18-14-44)45-15-11-43(12-16-45)34-57-68(102)89-56(33-38(3)4)67(101)86-50(21-26-75)62(96)85-53(24-29-78)66(100)91-61(42(8)95)71(105)80-30-25-54(65(99)84-51(22-27-76)64(98)90-57)87-63(97)52(23-28-77)88-70(104)60(79)41(7)94/h11-20,35-36,38,41-42,50-54,56-57,60-61,83,94-95H,9-10,21-34,37,75-79H2,1-8H3,(H,80,105)(H,81,103)(H,82,107)(H,84,99)(H,85,96)(H,86,101)(H,87,97)(H,88,104)(H,89,102)(H,90,98)(H,91,100)/b49-36-/t41-,42+,50+,51?,52+,53+,54?,56+,57?,60?,61+/m0/s1. The molecule has 0 radical (unpaired) electrons. The number of carbonyl (C=O) groups excluding carboxylic acids is 12. The fourth-order valence-electron chi connectivity index (χ4n) is 12.3. The van der Waals surface area contributed by atoms with E-state index in [4.69, 9.17) is 28.7 Å². The number of nitrogens with one attached hydrogen (secondary N) is 12. The summed E-state index contributed by atoms with van der Waals surface area (Å²) in [6.07, 6.45) is -2.91. The molecular weight excluding hydrogens is 1390 g/mol. The molecule has 11 atom stereocenters. The summed E-state index contributed by atoms with van der Waals surface area (Å²) >= 11 is 0. The number of aromatic amines is 1. The van der Waals surface area contributed by atoms with Crippen LogP contribution >= 0.6 is 0 Å². The SMILES string of the molecule is CCN(CC)CCNC(=O)c1c(C)[nH]c(/C=C2\C(=O)N(C(=O)NCc3ccc(-c4ccc(CC5NC(=O)C(CCN)NC(=O)C(NC(=O)[C@@H](CCN)NC(=O)C(N)[C@H](C)O)CCNC(=O)[C@@H]([C@@H](C)O)NC(=O)[C@@H](CCN)NC(=O)[C@@H](CCN)NC(=O)[C@@H](CC(C)C)NC5=O)cc4)cc3)c3ccc(F)cc32)c1C. The van der Waals surface area contributed by atoms with Crippen molar-refractivity contribution in [2.24, 2.45) is 34.6 Å². The lowest BCUT2D eigenvalue weighted by Crippen LogP contribution is -2.61. The van der Waals surface area contributed by atoms with Crippen molar-refractivity contribution in [3.8, 4) is 11.1 Å². The van der Waals surface area contributed by atoms with Gasteiger partial charge in [0, 0.05) is 49.6 Å². The van der Waals surface area contributed by atoms with E-state index < -0.39 is 150 Å². The average Bonchev–Trinajstić information content (AvgIpc) is 1.61. The fourth-order valence-corrected chi connectivity index (χ4v) is 12.3. The smallest absolute Gasteiger partial charge is 0.329 e. The van der Waals surface area contributed by atoms with Gasteiger partial charge in [-0.05, 0) is 163 Å². The second kappa shape index (κ2) is 41.2. The highest BCUT2D eigenvalue weighted by Gasteiger charge is 2.40. The number of fused-ring (bicyclic) bond motifs is 1. The van der Waals surface area contributed by atoms with Crippen LogP contribution in [-0.4, -0.2) is 217 Å². The Kier molecular flexibility index (Phi) is 33.0. The summed E-state index contributed by atoms with van der Waals surface area (Å²) in [6.45, 7) is 15.1. The van der Waals surface area contributed by atoms with Gasteiger partial charge in [0.15, 0.2) is 0 Å². The number of anilines is 1. The number of aliphatic hydroxyl groups excluding tert-OH is 2. The number of benzene rings is 3. The topological polar surface area (TPSA) is 530 Å². The van der Waals surface area contributed by atoms with E-state index in [1.807, 2.05) is 13.8 Å². The summed E-state index contributed by atoms with van der Waals surface area (Å²) in [5.74, 6) is -10.4. The van der Waals surface area contributed by atoms with Gasteiger partial charge >= 0.3 is 6.03 Å². The number of halogens is 1. The molecule has 1 fully saturated rings. The highest BCUT2D eigenvalue weighted by Crippen LogP contribution is 2.39. The zero-order valence-electron chi connectivity index (χ0n) is 61.8. The van der Waals surface area contributed by atoms with Crippen LogP contribution in [0.4, 0.5) is 14.9 Å². The number of aliphatic hydroxyl groups is 2. The zero-order valence-corrected chi connectivity index (χ0v) is 61.8. The monoisotopic (exact) mass is 1490 g/mol. The first kappa shape index (κ1) is 85.9. The van der Waals surface area contributed by atoms with Gasteiger partial charge in [0.2, 0.25) is 53.2 Å². The zero-order chi connectivity index (χ0) is 78.9. The van der Waals surface area contributed by atoms with Crippen LogP contribution in [0.25, 0.3) is 22.8 Å². The number of H-pyrrole nitrogens is 1. The number of aromatic nitrogens is 1. The Morgan fingerprint density at radius 3 is 1.74 bits per heavy atom. The quantitative estimate of drug-likeness (QED) is 0.0268. The second-order valence-corrected chi connectivity index (χ2v) is 27.0. The average molecular weight is 1490 g/mol. The number of nitrogens with two attached hydrogens (primary N) is 5. The van der Waals surface area contributed by atoms with E-state index in [1.165, 1.54) is 32.1 Å². The molecule has 107 heavy (non-hydrogen) atoms. The number of hydrogen-bond donors (Lipinski definition) is 19. The molecule has 0 saturated carbocycles. The molecule has 3 aromatic carbocycles. The number of nitrogens with zero attached hydrogens (tertiary/aromatic N) is 2. The molecule has 584 valence electrons. The molecule has 6 rings (SSSR count). The molecule has 3 heterocycles. The van der Waals surface area contributed by atoms with Gasteiger partial charge in [0.1, 0.15) is 60.2 Å². The van der Waals surface area contributed by atoms with Crippen molar-refractivity contribution in [2.75, 3.05) is 63.8 Å². The van der Waals surface area contributed by atoms with Gasteiger partial charge < -0.3 is 107 Å². The maximum Gasteiger partial charge on any atom is 0.329 e. The number of imide groups is 1. The molecule has 0 spiro atoms. The number of hydrogen-bond acceptors (Lipinski definition) is 20. The maximum absolute atomic E-state index is 14.9. The van der Waals surface area contributed by atoms with Crippen molar-refractivity contribution >= 4 is 88.3 Å². The molecule has 4 aromatic rings. The molecule has 1 aromatic heterocycles. The van der Waals surface area contributed by atoms with Crippen LogP contribution in [-0.2, 0) is 60.9 Å². The molecule has 34 heteroatoms. The second-order valence-electron chi connectivity index (χ2n) is 27.0. The van der Waals surface area contributed by atoms with E-state index in [-0.39, 0.29) is 99.9 Å². The summed E-state index contributed by atoms with van der Waals surface area (Å²) in [6, 6.07) is 3.31. The van der Waals surface area contributed by atoms with Crippen LogP contribution in [0, 0.1) is 25.6 Å². The van der Waals surface area contributed by atoms with Gasteiger partial charge in [-0.1, -0.05) is 76.2 Å². The van der Waals surface area contributed by atoms with Crippen molar-refractivity contribution in [2.45, 2.75) is 173 Å². The molecule has 24 N–H and O–H groups in total. The Hall–Kier alpha value is -10.1. The third-order valence-electron chi connectivity index (χ3n) is 18.4. The number of carbonyl (C=O) groups is 12. The van der Waals surface area contributed by atoms with Crippen LogP contribution in [0.5, 0.6) is 0 Å². The molecule has 13 amide bonds. The van der Waals surface area contributed by atoms with E-state index in [2.05, 4.69) is 68.4 Å². The number of likely N-dealkylation sites (N-methyl/N-ethyl adjacent to an activating group) is 1. The summed E-state index contributed by atoms with van der Waals surface area (Å²) in [4.78, 5) is 175. The third-order valence-corrected chi connectivity index (χ3v) is 18.4. The normalized spacial score (nSPS) is 21.0. The van der Waals surface area contributed by atoms with Crippen LogP contribution < -0.4 is 92.1 Å². The Morgan fingerprint density at radius 1 is 0.664 bits per heavy atom. The molecule has 33 nitrogen and oxygen atoms in total. The lowest BCUT2D eigenvalue weighted by atomic mass is 9.98. The van der Waals surface area contributed by atoms with Gasteiger partial charge in [-0.3, -0.25) is 52.7 Å². The van der Waals surface area contributed by atoms with E-state index in [0.717, 1.165) is 24.1 Å². The van der Waals surface area contributed by atoms with Crippen LogP contribution in [0.2, 0.25) is 0 Å². The molecule has 4 unspecified atom stereocenters. The van der Waals surface area contributed by atoms with Gasteiger partial charge in [0.25, 0.3) is 11.8 Å². The Morgan fingerprint density at radius 2 is 1.20 bits per heavy atom. The van der Waals surface area contributed by atoms with Crippen LogP contribution in [0.1, 0.15) is 124 Å². The summed E-state index contributed by atoms with van der Waals surface area (Å²) in [5.41, 5.74) is 34.3. The van der Waals surface area contributed by atoms with Crippen molar-refractivity contribution in [3.63, 3.8) is 0 Å². The number of aryl methyl sites for hydroxylation is 1. The third kappa shape index (κ3) is 24.0. The minimum Gasteiger partial charge on any atom is -0.391 e. The number of amides is 13. The first-order valence-electron chi connectivity index (χ1n) is 36.0. The summed E-state index contributed by atoms with van der Waals surface area (Å²) in [5, 5.41) is 49.7. The first-order chi connectivity index (χ1) is 50.9. The summed E-state index contributed by atoms with van der Waals surface area (Å²) < 4.78 is 14.9. The van der Waals surface area contributed by atoms with E-state index in [9.17, 15) is 72.1 Å². The van der Waals surface area contributed by atoms with Crippen molar-refractivity contribution in [1.82, 2.24) is 68.4 Å². The predicted octanol–water partition coefficient (Wildman–Crippen LogP) is -2.22. The molecule has 0 bridgehead atoms. The molecular formula is C73H106FN19O14.